The highest BCUT2D eigenvalue weighted by Gasteiger charge is 2.49. The molecule has 1 saturated heterocycles. The van der Waals surface area contributed by atoms with E-state index in [1.165, 1.54) is 12.8 Å². The number of benzene rings is 1. The van der Waals surface area contributed by atoms with Crippen LogP contribution in [0.3, 0.4) is 0 Å². The first kappa shape index (κ1) is 15.0. The van der Waals surface area contributed by atoms with E-state index in [0.29, 0.717) is 25.1 Å². The third-order valence-corrected chi connectivity index (χ3v) is 5.61. The number of hydrazone groups is 1. The Morgan fingerprint density at radius 2 is 2.04 bits per heavy atom. The summed E-state index contributed by atoms with van der Waals surface area (Å²) in [6, 6.07) is 7.87. The third-order valence-electron chi connectivity index (χ3n) is 5.61. The minimum Gasteiger partial charge on any atom is -0.486 e. The van der Waals surface area contributed by atoms with Gasteiger partial charge < -0.3 is 9.47 Å². The van der Waals surface area contributed by atoms with Crippen LogP contribution < -0.4 is 14.9 Å². The molecule has 0 aromatic heterocycles. The molecule has 4 atom stereocenters. The lowest BCUT2D eigenvalue weighted by molar-refractivity contribution is -0.139. The Morgan fingerprint density at radius 3 is 2.96 bits per heavy atom. The molecular formula is C18H22N4O3. The number of carbonyl (C=O) groups excluding carboxylic acids is 1. The van der Waals surface area contributed by atoms with Crippen molar-refractivity contribution in [3.63, 3.8) is 0 Å². The molecule has 5 rings (SSSR count). The minimum absolute atomic E-state index is 0.0619. The molecule has 7 nitrogen and oxygen atoms in total. The second-order valence-corrected chi connectivity index (χ2v) is 7.18. The van der Waals surface area contributed by atoms with Gasteiger partial charge in [0.15, 0.2) is 17.6 Å². The number of amides is 1. The van der Waals surface area contributed by atoms with E-state index in [0.717, 1.165) is 24.3 Å². The van der Waals surface area contributed by atoms with E-state index in [4.69, 9.17) is 9.47 Å². The highest BCUT2D eigenvalue weighted by molar-refractivity contribution is 5.87. The monoisotopic (exact) mass is 342 g/mol. The first-order chi connectivity index (χ1) is 12.3. The van der Waals surface area contributed by atoms with Crippen LogP contribution in [0.15, 0.2) is 29.4 Å². The molecule has 4 aliphatic rings. The maximum Gasteiger partial charge on any atom is 0.267 e. The summed E-state index contributed by atoms with van der Waals surface area (Å²) in [5, 5.41) is 7.81. The zero-order valence-electron chi connectivity index (χ0n) is 14.0. The Morgan fingerprint density at radius 1 is 1.20 bits per heavy atom. The zero-order chi connectivity index (χ0) is 16.8. The highest BCUT2D eigenvalue weighted by atomic mass is 16.6. The van der Waals surface area contributed by atoms with Gasteiger partial charge in [0.2, 0.25) is 0 Å². The molecule has 1 aromatic carbocycles. The van der Waals surface area contributed by atoms with Crippen LogP contribution in [0.2, 0.25) is 0 Å². The Hall–Kier alpha value is -2.28. The van der Waals surface area contributed by atoms with Crippen LogP contribution in [0.1, 0.15) is 25.7 Å². The highest BCUT2D eigenvalue weighted by Crippen LogP contribution is 2.36. The standard InChI is InChI=1S/C18H22N4O3/c23-18-17-13-5-1-2-6-14(13)20-22(17)11-19-21(18)9-12-10-24-15-7-3-4-8-16(15)25-12/h3-4,7-8,11-14,17,20H,1-2,5-6,9-10H2. The number of hydrogen-bond acceptors (Lipinski definition) is 6. The number of hydrazine groups is 1. The second kappa shape index (κ2) is 5.91. The van der Waals surface area contributed by atoms with E-state index in [2.05, 4.69) is 10.5 Å². The van der Waals surface area contributed by atoms with E-state index in [-0.39, 0.29) is 18.1 Å². The number of fused-ring (bicyclic) bond motifs is 4. The largest absolute Gasteiger partial charge is 0.486 e. The minimum atomic E-state index is -0.209. The molecule has 3 aliphatic heterocycles. The topological polar surface area (TPSA) is 66.4 Å². The predicted molar refractivity (Wildman–Crippen MR) is 91.1 cm³/mol. The van der Waals surface area contributed by atoms with Gasteiger partial charge in [-0.15, -0.1) is 0 Å². The van der Waals surface area contributed by atoms with Gasteiger partial charge >= 0.3 is 0 Å². The number of nitrogens with zero attached hydrogens (tertiary/aromatic N) is 3. The molecule has 1 saturated carbocycles. The summed E-state index contributed by atoms with van der Waals surface area (Å²) in [7, 11) is 0. The van der Waals surface area contributed by atoms with Crippen LogP contribution in [0, 0.1) is 5.92 Å². The fourth-order valence-electron chi connectivity index (χ4n) is 4.39. The summed E-state index contributed by atoms with van der Waals surface area (Å²) in [5.74, 6) is 1.92. The molecule has 7 heteroatoms. The van der Waals surface area contributed by atoms with Crippen molar-refractivity contribution in [2.75, 3.05) is 13.2 Å². The molecule has 25 heavy (non-hydrogen) atoms. The first-order valence-electron chi connectivity index (χ1n) is 9.08. The number of ether oxygens (including phenoxy) is 2. The maximum absolute atomic E-state index is 13.0. The smallest absolute Gasteiger partial charge is 0.267 e. The van der Waals surface area contributed by atoms with E-state index in [1.54, 1.807) is 11.3 Å². The van der Waals surface area contributed by atoms with E-state index < -0.39 is 0 Å². The molecule has 1 N–H and O–H groups in total. The average Bonchev–Trinajstić information content (AvgIpc) is 3.03. The molecule has 0 radical (unpaired) electrons. The molecule has 132 valence electrons. The van der Waals surface area contributed by atoms with E-state index in [9.17, 15) is 4.79 Å². The summed E-state index contributed by atoms with van der Waals surface area (Å²) in [5.41, 5.74) is 3.44. The van der Waals surface area contributed by atoms with Crippen LogP contribution >= 0.6 is 0 Å². The average molecular weight is 342 g/mol. The predicted octanol–water partition coefficient (Wildman–Crippen LogP) is 1.36. The van der Waals surface area contributed by atoms with Crippen molar-refractivity contribution in [2.45, 2.75) is 43.9 Å². The van der Waals surface area contributed by atoms with Crippen molar-refractivity contribution in [1.82, 2.24) is 15.4 Å². The van der Waals surface area contributed by atoms with Gasteiger partial charge in [0.25, 0.3) is 5.91 Å². The van der Waals surface area contributed by atoms with Gasteiger partial charge in [0.1, 0.15) is 19.0 Å². The van der Waals surface area contributed by atoms with Crippen molar-refractivity contribution in [3.8, 4) is 11.5 Å². The molecule has 1 aromatic rings. The third kappa shape index (κ3) is 2.54. The SMILES string of the molecule is O=C1C2C3CCCCC3NN2C=NN1CC1COc2ccccc2O1. The van der Waals surface area contributed by atoms with Crippen molar-refractivity contribution in [2.24, 2.45) is 11.0 Å². The molecule has 4 unspecified atom stereocenters. The van der Waals surface area contributed by atoms with Crippen molar-refractivity contribution < 1.29 is 14.3 Å². The number of nitrogens with one attached hydrogen (secondary N) is 1. The molecule has 2 fully saturated rings. The Labute approximate surface area is 146 Å². The van der Waals surface area contributed by atoms with Crippen LogP contribution in [-0.2, 0) is 4.79 Å². The van der Waals surface area contributed by atoms with E-state index in [1.807, 2.05) is 29.3 Å². The fourth-order valence-corrected chi connectivity index (χ4v) is 4.39. The van der Waals surface area contributed by atoms with Gasteiger partial charge in [-0.1, -0.05) is 25.0 Å². The molecule has 0 spiro atoms. The van der Waals surface area contributed by atoms with Crippen molar-refractivity contribution >= 4 is 12.2 Å². The van der Waals surface area contributed by atoms with Crippen LogP contribution in [0.25, 0.3) is 0 Å². The lowest BCUT2D eigenvalue weighted by Gasteiger charge is -2.35. The fraction of sp³-hybridized carbons (Fsp3) is 0.556. The molecule has 1 amide bonds. The van der Waals surface area contributed by atoms with Gasteiger partial charge in [-0.05, 0) is 25.0 Å². The lowest BCUT2D eigenvalue weighted by Crippen LogP contribution is -2.54. The first-order valence-corrected chi connectivity index (χ1v) is 9.08. The summed E-state index contributed by atoms with van der Waals surface area (Å²) in [6.45, 7) is 0.834. The van der Waals surface area contributed by atoms with Crippen LogP contribution in [0.5, 0.6) is 11.5 Å². The molecule has 1 aliphatic carbocycles. The Bertz CT molecular complexity index is 709. The van der Waals surface area contributed by atoms with Crippen molar-refractivity contribution in [1.29, 1.82) is 0 Å². The maximum atomic E-state index is 13.0. The van der Waals surface area contributed by atoms with Crippen LogP contribution in [0.4, 0.5) is 0 Å². The molecular weight excluding hydrogens is 320 g/mol. The quantitative estimate of drug-likeness (QED) is 0.879. The summed E-state index contributed by atoms with van der Waals surface area (Å²) in [4.78, 5) is 13.0. The zero-order valence-corrected chi connectivity index (χ0v) is 14.0. The second-order valence-electron chi connectivity index (χ2n) is 7.18. The lowest BCUT2D eigenvalue weighted by atomic mass is 9.81. The van der Waals surface area contributed by atoms with Gasteiger partial charge in [-0.3, -0.25) is 9.80 Å². The number of para-hydroxylation sites is 2. The summed E-state index contributed by atoms with van der Waals surface area (Å²) < 4.78 is 11.7. The van der Waals surface area contributed by atoms with Crippen LogP contribution in [-0.4, -0.2) is 53.6 Å². The summed E-state index contributed by atoms with van der Waals surface area (Å²) in [6.07, 6.45) is 6.21. The normalized spacial score (nSPS) is 33.2. The van der Waals surface area contributed by atoms with Gasteiger partial charge in [0, 0.05) is 12.0 Å². The van der Waals surface area contributed by atoms with Gasteiger partial charge in [0.05, 0.1) is 6.54 Å². The Balaban J connectivity index is 1.30. The molecule has 3 heterocycles. The van der Waals surface area contributed by atoms with Gasteiger partial charge in [-0.2, -0.15) is 5.10 Å². The van der Waals surface area contributed by atoms with Crippen molar-refractivity contribution in [3.05, 3.63) is 24.3 Å². The van der Waals surface area contributed by atoms with E-state index >= 15 is 0 Å². The number of rotatable bonds is 2. The Kier molecular flexibility index (Phi) is 3.55. The number of carbonyl (C=O) groups is 1. The molecule has 0 bridgehead atoms. The van der Waals surface area contributed by atoms with Gasteiger partial charge in [-0.25, -0.2) is 10.4 Å². The number of hydrogen-bond donors (Lipinski definition) is 1. The summed E-state index contributed by atoms with van der Waals surface area (Å²) >= 11 is 0.